The molecular weight excluding hydrogens is 1130 g/mol. The summed E-state index contributed by atoms with van der Waals surface area (Å²) in [5, 5.41) is 23.2. The fourth-order valence-electron chi connectivity index (χ4n) is 11.0. The van der Waals surface area contributed by atoms with E-state index in [2.05, 4.69) is 35.4 Å². The number of benzene rings is 5. The Morgan fingerprint density at radius 3 is 2.06 bits per heavy atom. The number of nitrogens with zero attached hydrogens (tertiary/aromatic N) is 4. The maximum atomic E-state index is 14.4. The van der Waals surface area contributed by atoms with Crippen LogP contribution >= 0.6 is 23.4 Å². The number of rotatable bonds is 20. The highest BCUT2D eigenvalue weighted by Crippen LogP contribution is 2.43. The molecule has 9 rings (SSSR count). The number of nitrogens with one attached hydrogen (secondary N) is 2. The number of thioether (sulfide) groups is 1. The summed E-state index contributed by atoms with van der Waals surface area (Å²) in [4.78, 5) is 31.6. The van der Waals surface area contributed by atoms with Crippen LogP contribution < -0.4 is 19.8 Å². The number of carbonyl (C=O) groups excluding carboxylic acids is 1. The topological polar surface area (TPSA) is 191 Å². The van der Waals surface area contributed by atoms with Gasteiger partial charge in [0.2, 0.25) is 0 Å². The highest BCUT2D eigenvalue weighted by molar-refractivity contribution is 7.99. The number of esters is 1. The van der Waals surface area contributed by atoms with Crippen LogP contribution in [-0.4, -0.2) is 124 Å². The van der Waals surface area contributed by atoms with Gasteiger partial charge in [-0.15, -0.1) is 11.8 Å². The average molecular weight is 1190 g/mol. The Kier molecular flexibility index (Phi) is 18.7. The van der Waals surface area contributed by atoms with E-state index in [0.717, 1.165) is 56.5 Å². The molecule has 1 unspecified atom stereocenters. The van der Waals surface area contributed by atoms with Crippen molar-refractivity contribution in [3.05, 3.63) is 138 Å². The van der Waals surface area contributed by atoms with Gasteiger partial charge in [-0.3, -0.25) is 9.52 Å². The molecular formula is C59H66ClF3N6O9S3. The number of carboxylic acid groups (broad SMARTS) is 1. The summed E-state index contributed by atoms with van der Waals surface area (Å²) in [6, 6.07) is 33.6. The molecule has 1 aromatic heterocycles. The second kappa shape index (κ2) is 25.5. The van der Waals surface area contributed by atoms with Crippen molar-refractivity contribution in [3.8, 4) is 22.4 Å². The Morgan fingerprint density at radius 1 is 0.778 bits per heavy atom. The maximum Gasteiger partial charge on any atom is 0.501 e. The number of carboxylic acids is 1. The predicted molar refractivity (Wildman–Crippen MR) is 312 cm³/mol. The van der Waals surface area contributed by atoms with Crippen LogP contribution in [0.15, 0.2) is 136 Å². The van der Waals surface area contributed by atoms with Crippen LogP contribution in [0.4, 0.5) is 35.9 Å². The number of hydrogen-bond donors (Lipinski definition) is 4. The Balaban J connectivity index is 0.895. The third kappa shape index (κ3) is 14.0. The van der Waals surface area contributed by atoms with Gasteiger partial charge in [-0.2, -0.15) is 13.2 Å². The van der Waals surface area contributed by atoms with E-state index >= 15 is 0 Å². The summed E-state index contributed by atoms with van der Waals surface area (Å²) in [6.07, 6.45) is 2.61. The van der Waals surface area contributed by atoms with Gasteiger partial charge >= 0.3 is 17.4 Å². The van der Waals surface area contributed by atoms with Crippen LogP contribution in [0.3, 0.4) is 0 Å². The molecule has 432 valence electrons. The maximum absolute atomic E-state index is 14.4. The lowest BCUT2D eigenvalue weighted by molar-refractivity contribution is -0.143. The molecule has 1 atom stereocenters. The van der Waals surface area contributed by atoms with Crippen molar-refractivity contribution in [2.24, 2.45) is 5.92 Å². The van der Waals surface area contributed by atoms with Crippen molar-refractivity contribution in [2.45, 2.75) is 104 Å². The minimum Gasteiger partial charge on any atom is -0.481 e. The first kappa shape index (κ1) is 59.4. The van der Waals surface area contributed by atoms with Crippen molar-refractivity contribution >= 4 is 77.9 Å². The Labute approximate surface area is 480 Å². The van der Waals surface area contributed by atoms with Crippen LogP contribution in [-0.2, 0) is 35.9 Å². The van der Waals surface area contributed by atoms with Crippen molar-refractivity contribution in [2.75, 3.05) is 71.4 Å². The fourth-order valence-corrected chi connectivity index (χ4v) is 14.2. The van der Waals surface area contributed by atoms with Crippen molar-refractivity contribution in [1.82, 2.24) is 9.47 Å². The molecule has 5 aromatic carbocycles. The highest BCUT2D eigenvalue weighted by atomic mass is 35.5. The van der Waals surface area contributed by atoms with Crippen LogP contribution in [0, 0.1) is 12.8 Å². The lowest BCUT2D eigenvalue weighted by Gasteiger charge is -2.37. The van der Waals surface area contributed by atoms with Gasteiger partial charge in [0.25, 0.3) is 19.9 Å². The van der Waals surface area contributed by atoms with Crippen molar-refractivity contribution in [3.63, 3.8) is 0 Å². The van der Waals surface area contributed by atoms with Crippen molar-refractivity contribution in [1.29, 1.82) is 0 Å². The molecule has 3 fully saturated rings. The molecule has 0 radical (unpaired) electrons. The number of aliphatic hydroxyl groups is 1. The van der Waals surface area contributed by atoms with Gasteiger partial charge in [-0.1, -0.05) is 54.1 Å². The minimum atomic E-state index is -6.04. The number of hydrogen-bond acceptors (Lipinski definition) is 13. The van der Waals surface area contributed by atoms with E-state index < -0.39 is 71.3 Å². The van der Waals surface area contributed by atoms with Gasteiger partial charge in [-0.05, 0) is 149 Å². The molecule has 81 heavy (non-hydrogen) atoms. The first-order valence-electron chi connectivity index (χ1n) is 27.1. The lowest BCUT2D eigenvalue weighted by Crippen LogP contribution is -2.46. The van der Waals surface area contributed by atoms with Gasteiger partial charge in [-0.25, -0.2) is 21.6 Å². The molecule has 4 N–H and O–H groups in total. The first-order chi connectivity index (χ1) is 38.7. The number of alkyl halides is 3. The molecule has 0 amide bonds. The molecule has 3 heterocycles. The zero-order valence-electron chi connectivity index (χ0n) is 44.9. The van der Waals surface area contributed by atoms with E-state index in [1.165, 1.54) is 23.9 Å². The number of carbonyl (C=O) groups is 2. The number of aliphatic carboxylic acids is 1. The van der Waals surface area contributed by atoms with E-state index in [1.54, 1.807) is 12.1 Å². The van der Waals surface area contributed by atoms with Crippen LogP contribution in [0.25, 0.3) is 22.4 Å². The number of piperazine rings is 1. The number of anilines is 4. The molecule has 3 aliphatic rings. The summed E-state index contributed by atoms with van der Waals surface area (Å²) in [6.45, 7) is 8.70. The number of aromatic nitrogens is 1. The summed E-state index contributed by atoms with van der Waals surface area (Å²) < 4.78 is 108. The molecule has 6 aromatic rings. The summed E-state index contributed by atoms with van der Waals surface area (Å²) in [5.74, 6) is -1.39. The standard InChI is InChI=1S/C59H66ClF3N6O9S3/c1-3-69-39(2)54(58(73)78-49-22-14-41(15-23-49)57(71)72)55(56(69)40-12-16-43(60)17-13-40)42-8-7-9-47(36-42)68-34-32-67(33-35-68)46-20-18-44(19-21-46)65-81(76,77)51-24-25-52(53(37-51)80(74,75)59(61,62)63)64-45(38-79-50-10-5-4-6-11-50)26-29-66-30-27-48(70)28-31-66/h4-13,16-21,24-25,36-37,41,45,48-49,64-65,70H,3,14-15,22-23,26-35,38H2,1-2H3,(H,71,72). The van der Waals surface area contributed by atoms with E-state index in [9.17, 15) is 49.8 Å². The SMILES string of the molecule is CCn1c(C)c(C(=O)OC2CCC(C(=O)O)CC2)c(-c2cccc(N3CCN(c4ccc(NS(=O)(=O)c5ccc(NC(CCN6CCC(O)CC6)CSc6ccccc6)c(S(=O)(=O)C(F)(F)F)c5)cc4)CC3)c2)c1-c1ccc(Cl)cc1. The zero-order valence-corrected chi connectivity index (χ0v) is 48.2. The number of piperidine rings is 1. The monoisotopic (exact) mass is 1190 g/mol. The predicted octanol–water partition coefficient (Wildman–Crippen LogP) is 11.4. The quantitative estimate of drug-likeness (QED) is 0.0417. The molecule has 0 spiro atoms. The Bertz CT molecular complexity index is 3400. The normalized spacial score (nSPS) is 18.1. The van der Waals surface area contributed by atoms with Crippen LogP contribution in [0.2, 0.25) is 5.02 Å². The molecule has 22 heteroatoms. The molecule has 1 saturated carbocycles. The van der Waals surface area contributed by atoms with E-state index in [4.69, 9.17) is 16.3 Å². The third-order valence-corrected chi connectivity index (χ3v) is 19.8. The van der Waals surface area contributed by atoms with Crippen LogP contribution in [0.1, 0.15) is 67.9 Å². The summed E-state index contributed by atoms with van der Waals surface area (Å²) in [5.41, 5.74) is 0.157. The van der Waals surface area contributed by atoms with Gasteiger partial charge in [0, 0.05) is 102 Å². The molecule has 0 bridgehead atoms. The fraction of sp³-hybridized carbons (Fsp3) is 0.390. The summed E-state index contributed by atoms with van der Waals surface area (Å²) >= 11 is 7.79. The van der Waals surface area contributed by atoms with E-state index in [0.29, 0.717) is 120 Å². The second-order valence-corrected chi connectivity index (χ2v) is 25.9. The van der Waals surface area contributed by atoms with Crippen molar-refractivity contribution < 1.29 is 54.5 Å². The summed E-state index contributed by atoms with van der Waals surface area (Å²) in [7, 11) is -10.7. The number of likely N-dealkylation sites (tertiary alicyclic amines) is 1. The second-order valence-electron chi connectivity index (χ2n) is 20.8. The van der Waals surface area contributed by atoms with E-state index in [1.807, 2.05) is 86.6 Å². The Morgan fingerprint density at radius 2 is 1.43 bits per heavy atom. The Hall–Kier alpha value is -6.23. The number of sulfone groups is 1. The smallest absolute Gasteiger partial charge is 0.481 e. The van der Waals surface area contributed by atoms with Crippen LogP contribution in [0.5, 0.6) is 0 Å². The number of aliphatic hydroxyl groups excluding tert-OH is 1. The molecule has 1 aliphatic carbocycles. The molecule has 15 nitrogen and oxygen atoms in total. The van der Waals surface area contributed by atoms with Gasteiger partial charge < -0.3 is 39.5 Å². The first-order valence-corrected chi connectivity index (χ1v) is 31.5. The number of ether oxygens (including phenoxy) is 1. The number of halogens is 4. The van der Waals surface area contributed by atoms with Gasteiger partial charge in [0.05, 0.1) is 33.9 Å². The minimum absolute atomic E-state index is 0.110. The highest BCUT2D eigenvalue weighted by Gasteiger charge is 2.48. The van der Waals surface area contributed by atoms with Gasteiger partial charge in [0.1, 0.15) is 11.0 Å². The number of sulfonamides is 1. The average Bonchev–Trinajstić information content (AvgIpc) is 3.53. The molecule has 2 saturated heterocycles. The van der Waals surface area contributed by atoms with Gasteiger partial charge in [0.15, 0.2) is 0 Å². The molecule has 2 aliphatic heterocycles. The largest absolute Gasteiger partial charge is 0.501 e. The lowest BCUT2D eigenvalue weighted by atomic mass is 9.87. The zero-order chi connectivity index (χ0) is 57.6. The third-order valence-electron chi connectivity index (χ3n) is 15.5. The van der Waals surface area contributed by atoms with E-state index in [-0.39, 0.29) is 11.4 Å².